The molecule has 3 aromatic rings. The van der Waals surface area contributed by atoms with Crippen molar-refractivity contribution in [1.29, 1.82) is 0 Å². The molecular weight excluding hydrogens is 387 g/mol. The highest BCUT2D eigenvalue weighted by Crippen LogP contribution is 2.42. The summed E-state index contributed by atoms with van der Waals surface area (Å²) >= 11 is 0. The summed E-state index contributed by atoms with van der Waals surface area (Å²) < 4.78 is 24.0. The summed E-state index contributed by atoms with van der Waals surface area (Å²) in [6.07, 6.45) is 3.28. The lowest BCUT2D eigenvalue weighted by molar-refractivity contribution is -0.121. The Hall–Kier alpha value is -3.42. The minimum atomic E-state index is -0.702. The van der Waals surface area contributed by atoms with Crippen molar-refractivity contribution in [3.05, 3.63) is 53.8 Å². The number of aromatic nitrogens is 3. The number of benzene rings is 2. The smallest absolute Gasteiger partial charge is 0.249 e. The molecule has 1 aliphatic rings. The van der Waals surface area contributed by atoms with Crippen LogP contribution in [0.5, 0.6) is 11.5 Å². The van der Waals surface area contributed by atoms with Gasteiger partial charge in [-0.15, -0.1) is 5.10 Å². The van der Waals surface area contributed by atoms with Crippen LogP contribution in [0.25, 0.3) is 11.4 Å². The predicted molar refractivity (Wildman–Crippen MR) is 110 cm³/mol. The van der Waals surface area contributed by atoms with E-state index in [0.29, 0.717) is 35.7 Å². The molecule has 7 nitrogen and oxygen atoms in total. The quantitative estimate of drug-likeness (QED) is 0.639. The van der Waals surface area contributed by atoms with Gasteiger partial charge in [-0.3, -0.25) is 15.2 Å². The van der Waals surface area contributed by atoms with Gasteiger partial charge in [0.05, 0.1) is 25.2 Å². The Balaban J connectivity index is 1.59. The number of ether oxygens (including phenoxy) is 2. The predicted octanol–water partition coefficient (Wildman–Crippen LogP) is 4.08. The van der Waals surface area contributed by atoms with Crippen LogP contribution in [0.4, 0.5) is 10.3 Å². The number of hydrogen-bond acceptors (Lipinski definition) is 5. The number of halogens is 1. The first kappa shape index (κ1) is 19.9. The van der Waals surface area contributed by atoms with Crippen LogP contribution in [0.1, 0.15) is 31.2 Å². The SMILES string of the molecule is COc1ccc(-c2nc(NC(=O)C3(c4ccc(F)cc4)CCCC3)n[nH]2)c(OC)c1. The van der Waals surface area contributed by atoms with E-state index < -0.39 is 5.41 Å². The van der Waals surface area contributed by atoms with Gasteiger partial charge in [-0.1, -0.05) is 25.0 Å². The second kappa shape index (κ2) is 8.14. The molecule has 0 unspecified atom stereocenters. The van der Waals surface area contributed by atoms with Crippen LogP contribution in [0.15, 0.2) is 42.5 Å². The summed E-state index contributed by atoms with van der Waals surface area (Å²) in [7, 11) is 3.14. The second-order valence-corrected chi connectivity index (χ2v) is 7.32. The largest absolute Gasteiger partial charge is 0.497 e. The van der Waals surface area contributed by atoms with Crippen LogP contribution in [-0.2, 0) is 10.2 Å². The highest BCUT2D eigenvalue weighted by atomic mass is 19.1. The molecule has 0 saturated heterocycles. The van der Waals surface area contributed by atoms with Gasteiger partial charge in [-0.25, -0.2) is 4.39 Å². The zero-order chi connectivity index (χ0) is 21.1. The summed E-state index contributed by atoms with van der Waals surface area (Å²) in [5.74, 6) is 1.37. The Kier molecular flexibility index (Phi) is 5.39. The molecule has 0 atom stereocenters. The van der Waals surface area contributed by atoms with E-state index in [1.165, 1.54) is 12.1 Å². The van der Waals surface area contributed by atoms with Gasteiger partial charge in [-0.05, 0) is 42.7 Å². The zero-order valence-electron chi connectivity index (χ0n) is 16.9. The van der Waals surface area contributed by atoms with Crippen LogP contribution < -0.4 is 14.8 Å². The average Bonchev–Trinajstić information content (AvgIpc) is 3.44. The van der Waals surface area contributed by atoms with Gasteiger partial charge in [0, 0.05) is 6.07 Å². The number of nitrogens with one attached hydrogen (secondary N) is 2. The molecule has 0 bridgehead atoms. The van der Waals surface area contributed by atoms with E-state index in [9.17, 15) is 9.18 Å². The van der Waals surface area contributed by atoms with Crippen molar-refractivity contribution in [3.63, 3.8) is 0 Å². The fourth-order valence-corrected chi connectivity index (χ4v) is 4.05. The number of carbonyl (C=O) groups excluding carboxylic acids is 1. The van der Waals surface area contributed by atoms with Crippen molar-refractivity contribution in [1.82, 2.24) is 15.2 Å². The van der Waals surface area contributed by atoms with Gasteiger partial charge in [0.15, 0.2) is 5.82 Å². The first-order valence-corrected chi connectivity index (χ1v) is 9.78. The molecule has 0 spiro atoms. The molecule has 4 rings (SSSR count). The number of aromatic amines is 1. The second-order valence-electron chi connectivity index (χ2n) is 7.32. The number of amides is 1. The molecule has 1 heterocycles. The summed E-state index contributed by atoms with van der Waals surface area (Å²) in [4.78, 5) is 17.6. The fourth-order valence-electron chi connectivity index (χ4n) is 4.05. The third-order valence-electron chi connectivity index (χ3n) is 5.66. The van der Waals surface area contributed by atoms with Crippen LogP contribution in [0.3, 0.4) is 0 Å². The van der Waals surface area contributed by atoms with Crippen molar-refractivity contribution < 1.29 is 18.7 Å². The topological polar surface area (TPSA) is 89.1 Å². The van der Waals surface area contributed by atoms with E-state index >= 15 is 0 Å². The Morgan fingerprint density at radius 2 is 1.83 bits per heavy atom. The lowest BCUT2D eigenvalue weighted by Crippen LogP contribution is -2.38. The maximum Gasteiger partial charge on any atom is 0.249 e. The van der Waals surface area contributed by atoms with E-state index in [2.05, 4.69) is 20.5 Å². The number of methoxy groups -OCH3 is 2. The van der Waals surface area contributed by atoms with Crippen molar-refractivity contribution in [2.75, 3.05) is 19.5 Å². The highest BCUT2D eigenvalue weighted by molar-refractivity contribution is 5.98. The Morgan fingerprint density at radius 3 is 2.50 bits per heavy atom. The van der Waals surface area contributed by atoms with E-state index in [1.54, 1.807) is 44.6 Å². The third kappa shape index (κ3) is 3.60. The molecule has 2 aromatic carbocycles. The molecular formula is C22H23FN4O3. The number of H-pyrrole nitrogens is 1. The number of anilines is 1. The van der Waals surface area contributed by atoms with Crippen molar-refractivity contribution >= 4 is 11.9 Å². The zero-order valence-corrected chi connectivity index (χ0v) is 16.9. The molecule has 1 aromatic heterocycles. The van der Waals surface area contributed by atoms with E-state index in [1.807, 2.05) is 0 Å². The molecule has 156 valence electrons. The number of hydrogen-bond donors (Lipinski definition) is 2. The standard InChI is InChI=1S/C22H23FN4O3/c1-29-16-9-10-17(18(13-16)30-2)19-24-21(27-26-19)25-20(28)22(11-3-4-12-22)14-5-7-15(23)8-6-14/h5-10,13H,3-4,11-12H2,1-2H3,(H2,24,25,26,27,28). The van der Waals surface area contributed by atoms with Crippen molar-refractivity contribution in [3.8, 4) is 22.9 Å². The average molecular weight is 410 g/mol. The lowest BCUT2D eigenvalue weighted by Gasteiger charge is -2.27. The van der Waals surface area contributed by atoms with Gasteiger partial charge >= 0.3 is 0 Å². The summed E-state index contributed by atoms with van der Waals surface area (Å²) in [5.41, 5.74) is 0.804. The third-order valence-corrected chi connectivity index (χ3v) is 5.66. The van der Waals surface area contributed by atoms with Crippen LogP contribution in [0.2, 0.25) is 0 Å². The molecule has 1 aliphatic carbocycles. The Labute approximate surface area is 173 Å². The van der Waals surface area contributed by atoms with Gasteiger partial charge < -0.3 is 9.47 Å². The first-order chi connectivity index (χ1) is 14.6. The fraction of sp³-hybridized carbons (Fsp3) is 0.318. The molecule has 2 N–H and O–H groups in total. The Morgan fingerprint density at radius 1 is 1.10 bits per heavy atom. The van der Waals surface area contributed by atoms with Gasteiger partial charge in [0.2, 0.25) is 11.9 Å². The minimum absolute atomic E-state index is 0.182. The highest BCUT2D eigenvalue weighted by Gasteiger charge is 2.43. The van der Waals surface area contributed by atoms with Gasteiger partial charge in [0.1, 0.15) is 17.3 Å². The van der Waals surface area contributed by atoms with Crippen LogP contribution >= 0.6 is 0 Å². The monoisotopic (exact) mass is 410 g/mol. The molecule has 1 saturated carbocycles. The normalized spacial score (nSPS) is 15.0. The Bertz CT molecular complexity index is 1040. The summed E-state index contributed by atoms with van der Waals surface area (Å²) in [5, 5.41) is 9.83. The summed E-state index contributed by atoms with van der Waals surface area (Å²) in [6.45, 7) is 0. The first-order valence-electron chi connectivity index (χ1n) is 9.78. The lowest BCUT2D eigenvalue weighted by atomic mass is 9.78. The van der Waals surface area contributed by atoms with E-state index in [0.717, 1.165) is 18.4 Å². The molecule has 0 aliphatic heterocycles. The van der Waals surface area contributed by atoms with Gasteiger partial charge in [-0.2, -0.15) is 4.98 Å². The molecule has 30 heavy (non-hydrogen) atoms. The van der Waals surface area contributed by atoms with E-state index in [-0.39, 0.29) is 17.7 Å². The number of nitrogens with zero attached hydrogens (tertiary/aromatic N) is 2. The van der Waals surface area contributed by atoms with Crippen LogP contribution in [-0.4, -0.2) is 35.3 Å². The molecule has 1 amide bonds. The van der Waals surface area contributed by atoms with Gasteiger partial charge in [0.25, 0.3) is 0 Å². The number of carbonyl (C=O) groups is 1. The molecule has 1 fully saturated rings. The maximum absolute atomic E-state index is 13.4. The molecule has 8 heteroatoms. The summed E-state index contributed by atoms with van der Waals surface area (Å²) in [6, 6.07) is 11.5. The van der Waals surface area contributed by atoms with E-state index in [4.69, 9.17) is 9.47 Å². The van der Waals surface area contributed by atoms with Crippen molar-refractivity contribution in [2.45, 2.75) is 31.1 Å². The molecule has 0 radical (unpaired) electrons. The maximum atomic E-state index is 13.4. The minimum Gasteiger partial charge on any atom is -0.497 e. The van der Waals surface area contributed by atoms with Crippen LogP contribution in [0, 0.1) is 5.82 Å². The number of rotatable bonds is 6. The van der Waals surface area contributed by atoms with Crippen molar-refractivity contribution in [2.24, 2.45) is 0 Å².